The first kappa shape index (κ1) is 16.3. The molecule has 0 aromatic heterocycles. The molecule has 17 heavy (non-hydrogen) atoms. The Morgan fingerprint density at radius 3 is 2.41 bits per heavy atom. The highest BCUT2D eigenvalue weighted by atomic mass is 16.4. The van der Waals surface area contributed by atoms with Crippen LogP contribution in [-0.2, 0) is 4.79 Å². The predicted octanol–water partition coefficient (Wildman–Crippen LogP) is -0.903. The molecular formula is C11H26N4O2. The Labute approximate surface area is 103 Å². The lowest BCUT2D eigenvalue weighted by molar-refractivity contribution is -0.137. The van der Waals surface area contributed by atoms with Crippen LogP contribution >= 0.6 is 0 Å². The molecule has 1 atom stereocenters. The van der Waals surface area contributed by atoms with Gasteiger partial charge in [-0.2, -0.15) is 0 Å². The summed E-state index contributed by atoms with van der Waals surface area (Å²) < 4.78 is 0. The van der Waals surface area contributed by atoms with Crippen molar-refractivity contribution in [2.24, 2.45) is 11.5 Å². The van der Waals surface area contributed by atoms with E-state index in [1.165, 1.54) is 0 Å². The molecule has 0 aliphatic carbocycles. The summed E-state index contributed by atoms with van der Waals surface area (Å²) in [4.78, 5) is 10.6. The van der Waals surface area contributed by atoms with E-state index in [0.717, 1.165) is 32.4 Å². The Balaban J connectivity index is 3.56. The first-order valence-electron chi connectivity index (χ1n) is 6.26. The minimum absolute atomic E-state index is 0.0329. The third kappa shape index (κ3) is 11.6. The number of aliphatic carboxylic acids is 1. The number of carbonyl (C=O) groups is 1. The summed E-state index contributed by atoms with van der Waals surface area (Å²) in [6.45, 7) is 3.63. The van der Waals surface area contributed by atoms with Gasteiger partial charge in [0.05, 0.1) is 6.42 Å². The van der Waals surface area contributed by atoms with E-state index < -0.39 is 5.97 Å². The monoisotopic (exact) mass is 246 g/mol. The SMILES string of the molecule is NCCNCCCCC(CC(=O)O)NCCN. The topological polar surface area (TPSA) is 113 Å². The van der Waals surface area contributed by atoms with E-state index in [9.17, 15) is 4.79 Å². The fraction of sp³-hybridized carbons (Fsp3) is 0.909. The zero-order valence-corrected chi connectivity index (χ0v) is 10.5. The highest BCUT2D eigenvalue weighted by Crippen LogP contribution is 2.04. The summed E-state index contributed by atoms with van der Waals surface area (Å²) in [7, 11) is 0. The number of hydrogen-bond acceptors (Lipinski definition) is 5. The number of hydrogen-bond donors (Lipinski definition) is 5. The average molecular weight is 246 g/mol. The van der Waals surface area contributed by atoms with Gasteiger partial charge >= 0.3 is 5.97 Å². The fourth-order valence-corrected chi connectivity index (χ4v) is 1.64. The highest BCUT2D eigenvalue weighted by molar-refractivity contribution is 5.67. The van der Waals surface area contributed by atoms with Crippen LogP contribution < -0.4 is 22.1 Å². The lowest BCUT2D eigenvalue weighted by Crippen LogP contribution is -2.35. The number of nitrogens with one attached hydrogen (secondary N) is 2. The van der Waals surface area contributed by atoms with Crippen molar-refractivity contribution >= 4 is 5.97 Å². The number of rotatable bonds is 12. The van der Waals surface area contributed by atoms with Gasteiger partial charge in [0.1, 0.15) is 0 Å². The maximum Gasteiger partial charge on any atom is 0.304 e. The highest BCUT2D eigenvalue weighted by Gasteiger charge is 2.11. The van der Waals surface area contributed by atoms with Crippen molar-refractivity contribution in [2.75, 3.05) is 32.7 Å². The zero-order chi connectivity index (χ0) is 12.9. The Hall–Kier alpha value is -0.690. The van der Waals surface area contributed by atoms with Crippen molar-refractivity contribution in [3.8, 4) is 0 Å². The Morgan fingerprint density at radius 2 is 1.82 bits per heavy atom. The van der Waals surface area contributed by atoms with E-state index in [1.54, 1.807) is 0 Å². The lowest BCUT2D eigenvalue weighted by atomic mass is 10.1. The third-order valence-corrected chi connectivity index (χ3v) is 2.48. The summed E-state index contributed by atoms with van der Waals surface area (Å²) in [6, 6.07) is 0.0329. The summed E-state index contributed by atoms with van der Waals surface area (Å²) >= 11 is 0. The maximum atomic E-state index is 10.6. The molecule has 0 fully saturated rings. The van der Waals surface area contributed by atoms with Crippen LogP contribution in [0.4, 0.5) is 0 Å². The normalized spacial score (nSPS) is 12.6. The van der Waals surface area contributed by atoms with E-state index in [0.29, 0.717) is 19.6 Å². The summed E-state index contributed by atoms with van der Waals surface area (Å²) in [6.07, 6.45) is 3.08. The quantitative estimate of drug-likeness (QED) is 0.285. The van der Waals surface area contributed by atoms with Crippen LogP contribution in [0.2, 0.25) is 0 Å². The van der Waals surface area contributed by atoms with E-state index in [4.69, 9.17) is 16.6 Å². The predicted molar refractivity (Wildman–Crippen MR) is 68.9 cm³/mol. The second-order valence-electron chi connectivity index (χ2n) is 4.07. The van der Waals surface area contributed by atoms with E-state index in [2.05, 4.69) is 10.6 Å². The van der Waals surface area contributed by atoms with Crippen LogP contribution in [0.25, 0.3) is 0 Å². The van der Waals surface area contributed by atoms with Crippen molar-refractivity contribution in [1.29, 1.82) is 0 Å². The average Bonchev–Trinajstić information content (AvgIpc) is 2.29. The van der Waals surface area contributed by atoms with Crippen molar-refractivity contribution < 1.29 is 9.90 Å². The molecule has 0 aliphatic heterocycles. The van der Waals surface area contributed by atoms with E-state index in [-0.39, 0.29) is 12.5 Å². The van der Waals surface area contributed by atoms with Crippen LogP contribution in [0.3, 0.4) is 0 Å². The number of unbranched alkanes of at least 4 members (excludes halogenated alkanes) is 1. The molecule has 6 heteroatoms. The van der Waals surface area contributed by atoms with Gasteiger partial charge < -0.3 is 27.2 Å². The molecule has 0 radical (unpaired) electrons. The first-order valence-corrected chi connectivity index (χ1v) is 6.26. The van der Waals surface area contributed by atoms with E-state index >= 15 is 0 Å². The molecule has 0 saturated carbocycles. The standard InChI is InChI=1S/C11H26N4O2/c12-4-7-14-6-2-1-3-10(9-11(16)17)15-8-5-13/h10,14-15H,1-9,12-13H2,(H,16,17). The number of nitrogens with two attached hydrogens (primary N) is 2. The molecule has 0 spiro atoms. The Morgan fingerprint density at radius 1 is 1.12 bits per heavy atom. The van der Waals surface area contributed by atoms with Gasteiger partial charge in [-0.3, -0.25) is 4.79 Å². The summed E-state index contributed by atoms with van der Waals surface area (Å²) in [5.41, 5.74) is 10.7. The Bertz CT molecular complexity index is 190. The molecule has 7 N–H and O–H groups in total. The van der Waals surface area contributed by atoms with Gasteiger partial charge in [0.25, 0.3) is 0 Å². The molecule has 0 bridgehead atoms. The van der Waals surface area contributed by atoms with Crippen LogP contribution in [0.15, 0.2) is 0 Å². The van der Waals surface area contributed by atoms with Gasteiger partial charge in [0.15, 0.2) is 0 Å². The van der Waals surface area contributed by atoms with Crippen LogP contribution in [0, 0.1) is 0 Å². The molecule has 0 saturated heterocycles. The molecule has 0 amide bonds. The fourth-order valence-electron chi connectivity index (χ4n) is 1.64. The van der Waals surface area contributed by atoms with Crippen LogP contribution in [0.5, 0.6) is 0 Å². The molecule has 0 aliphatic rings. The molecule has 0 aromatic carbocycles. The third-order valence-electron chi connectivity index (χ3n) is 2.48. The minimum Gasteiger partial charge on any atom is -0.481 e. The van der Waals surface area contributed by atoms with E-state index in [1.807, 2.05) is 0 Å². The van der Waals surface area contributed by atoms with Crippen molar-refractivity contribution in [2.45, 2.75) is 31.7 Å². The molecule has 0 rings (SSSR count). The van der Waals surface area contributed by atoms with Crippen molar-refractivity contribution in [1.82, 2.24) is 10.6 Å². The van der Waals surface area contributed by atoms with Crippen LogP contribution in [-0.4, -0.2) is 49.8 Å². The lowest BCUT2D eigenvalue weighted by Gasteiger charge is -2.16. The number of carboxylic acid groups (broad SMARTS) is 1. The maximum absolute atomic E-state index is 10.6. The second kappa shape index (κ2) is 11.8. The van der Waals surface area contributed by atoms with Gasteiger partial charge in [-0.15, -0.1) is 0 Å². The van der Waals surface area contributed by atoms with Gasteiger partial charge in [-0.1, -0.05) is 6.42 Å². The van der Waals surface area contributed by atoms with Gasteiger partial charge in [-0.25, -0.2) is 0 Å². The summed E-state index contributed by atoms with van der Waals surface area (Å²) in [5.74, 6) is -0.763. The van der Waals surface area contributed by atoms with Gasteiger partial charge in [0.2, 0.25) is 0 Å². The van der Waals surface area contributed by atoms with Crippen LogP contribution in [0.1, 0.15) is 25.7 Å². The second-order valence-corrected chi connectivity index (χ2v) is 4.07. The Kier molecular flexibility index (Phi) is 11.3. The summed E-state index contributed by atoms with van der Waals surface area (Å²) in [5, 5.41) is 15.1. The van der Waals surface area contributed by atoms with Crippen molar-refractivity contribution in [3.05, 3.63) is 0 Å². The molecule has 6 nitrogen and oxygen atoms in total. The molecule has 0 aromatic rings. The van der Waals surface area contributed by atoms with Gasteiger partial charge in [0, 0.05) is 32.2 Å². The first-order chi connectivity index (χ1) is 8.20. The number of carboxylic acids is 1. The molecular weight excluding hydrogens is 220 g/mol. The molecule has 102 valence electrons. The molecule has 1 unspecified atom stereocenters. The smallest absolute Gasteiger partial charge is 0.304 e. The zero-order valence-electron chi connectivity index (χ0n) is 10.5. The van der Waals surface area contributed by atoms with Gasteiger partial charge in [-0.05, 0) is 19.4 Å². The largest absolute Gasteiger partial charge is 0.481 e. The minimum atomic E-state index is -0.763. The van der Waals surface area contributed by atoms with Crippen molar-refractivity contribution in [3.63, 3.8) is 0 Å². The molecule has 0 heterocycles.